The van der Waals surface area contributed by atoms with Gasteiger partial charge in [0.15, 0.2) is 0 Å². The molecule has 1 saturated heterocycles. The van der Waals surface area contributed by atoms with Crippen LogP contribution >= 0.6 is 0 Å². The van der Waals surface area contributed by atoms with Crippen LogP contribution < -0.4 is 0 Å². The van der Waals surface area contributed by atoms with Crippen LogP contribution in [0.3, 0.4) is 0 Å². The van der Waals surface area contributed by atoms with Crippen LogP contribution in [0.1, 0.15) is 19.2 Å². The summed E-state index contributed by atoms with van der Waals surface area (Å²) in [7, 11) is 0. The number of aryl methyl sites for hydroxylation is 1. The summed E-state index contributed by atoms with van der Waals surface area (Å²) in [6.07, 6.45) is 4.83. The molecule has 1 aliphatic rings. The summed E-state index contributed by atoms with van der Waals surface area (Å²) in [5.74, 6) is 1.54. The zero-order valence-electron chi connectivity index (χ0n) is 10.1. The number of hydrogen-bond acceptors (Lipinski definition) is 3. The maximum absolute atomic E-state index is 9.52. The lowest BCUT2D eigenvalue weighted by molar-refractivity contribution is 0.127. The first kappa shape index (κ1) is 11.6. The van der Waals surface area contributed by atoms with Crippen LogP contribution in [0, 0.1) is 12.8 Å². The van der Waals surface area contributed by atoms with Crippen LogP contribution in [0.15, 0.2) is 12.4 Å². The molecule has 2 unspecified atom stereocenters. The Morgan fingerprint density at radius 1 is 1.56 bits per heavy atom. The van der Waals surface area contributed by atoms with Gasteiger partial charge in [0.1, 0.15) is 5.82 Å². The van der Waals surface area contributed by atoms with E-state index in [1.54, 1.807) is 0 Å². The number of imidazole rings is 1. The van der Waals surface area contributed by atoms with Crippen LogP contribution in [-0.2, 0) is 6.54 Å². The van der Waals surface area contributed by atoms with E-state index in [9.17, 15) is 5.11 Å². The zero-order chi connectivity index (χ0) is 11.5. The minimum atomic E-state index is -0.167. The van der Waals surface area contributed by atoms with Gasteiger partial charge in [-0.05, 0) is 32.7 Å². The molecule has 1 aromatic heterocycles. The molecule has 2 atom stereocenters. The lowest BCUT2D eigenvalue weighted by Crippen LogP contribution is -2.27. The molecular weight excluding hydrogens is 202 g/mol. The molecule has 2 rings (SSSR count). The number of hydrogen-bond donors (Lipinski definition) is 1. The van der Waals surface area contributed by atoms with Gasteiger partial charge in [-0.2, -0.15) is 0 Å². The van der Waals surface area contributed by atoms with Crippen LogP contribution in [0.2, 0.25) is 0 Å². The minimum Gasteiger partial charge on any atom is -0.393 e. The molecule has 0 bridgehead atoms. The van der Waals surface area contributed by atoms with E-state index in [1.165, 1.54) is 0 Å². The van der Waals surface area contributed by atoms with Gasteiger partial charge in [0.2, 0.25) is 0 Å². The summed E-state index contributed by atoms with van der Waals surface area (Å²) in [4.78, 5) is 6.64. The van der Waals surface area contributed by atoms with Crippen LogP contribution in [-0.4, -0.2) is 45.3 Å². The monoisotopic (exact) mass is 223 g/mol. The number of aliphatic hydroxyl groups excluding tert-OH is 1. The Morgan fingerprint density at radius 2 is 2.38 bits per heavy atom. The molecule has 0 spiro atoms. The average molecular weight is 223 g/mol. The summed E-state index contributed by atoms with van der Waals surface area (Å²) in [5, 5.41) is 9.52. The number of likely N-dealkylation sites (tertiary alicyclic amines) is 1. The van der Waals surface area contributed by atoms with E-state index >= 15 is 0 Å². The predicted octanol–water partition coefficient (Wildman–Crippen LogP) is 0.894. The Labute approximate surface area is 96.9 Å². The van der Waals surface area contributed by atoms with Crippen molar-refractivity contribution < 1.29 is 5.11 Å². The second-order valence-electron chi connectivity index (χ2n) is 4.76. The lowest BCUT2D eigenvalue weighted by atomic mass is 10.0. The molecule has 4 nitrogen and oxygen atoms in total. The fourth-order valence-electron chi connectivity index (χ4n) is 2.35. The highest BCUT2D eigenvalue weighted by Gasteiger charge is 2.25. The topological polar surface area (TPSA) is 41.3 Å². The van der Waals surface area contributed by atoms with E-state index in [2.05, 4.69) is 14.5 Å². The van der Waals surface area contributed by atoms with Gasteiger partial charge in [0, 0.05) is 32.0 Å². The molecule has 1 aliphatic heterocycles. The van der Waals surface area contributed by atoms with Crippen LogP contribution in [0.5, 0.6) is 0 Å². The fourth-order valence-corrected chi connectivity index (χ4v) is 2.35. The van der Waals surface area contributed by atoms with E-state index in [0.717, 1.165) is 38.4 Å². The van der Waals surface area contributed by atoms with Gasteiger partial charge in [-0.15, -0.1) is 0 Å². The van der Waals surface area contributed by atoms with Crippen molar-refractivity contribution in [2.75, 3.05) is 19.6 Å². The van der Waals surface area contributed by atoms with Crippen molar-refractivity contribution >= 4 is 0 Å². The summed E-state index contributed by atoms with van der Waals surface area (Å²) >= 11 is 0. The fraction of sp³-hybridized carbons (Fsp3) is 0.750. The minimum absolute atomic E-state index is 0.167. The molecule has 90 valence electrons. The van der Waals surface area contributed by atoms with Gasteiger partial charge in [-0.1, -0.05) is 0 Å². The number of rotatable bonds is 4. The van der Waals surface area contributed by atoms with Gasteiger partial charge in [-0.3, -0.25) is 0 Å². The summed E-state index contributed by atoms with van der Waals surface area (Å²) in [5.41, 5.74) is 0. The molecule has 0 amide bonds. The number of aliphatic hydroxyl groups is 1. The van der Waals surface area contributed by atoms with Crippen molar-refractivity contribution in [3.63, 3.8) is 0 Å². The second-order valence-corrected chi connectivity index (χ2v) is 4.76. The standard InChI is InChI=1S/C12H21N3O/c1-10(16)12-3-5-14(9-12)7-8-15-6-4-13-11(15)2/h4,6,10,12,16H,3,5,7-9H2,1-2H3. The Kier molecular flexibility index (Phi) is 3.61. The third-order valence-electron chi connectivity index (χ3n) is 3.57. The number of aromatic nitrogens is 2. The highest BCUT2D eigenvalue weighted by atomic mass is 16.3. The predicted molar refractivity (Wildman–Crippen MR) is 63.2 cm³/mol. The summed E-state index contributed by atoms with van der Waals surface area (Å²) in [6.45, 7) is 8.13. The quantitative estimate of drug-likeness (QED) is 0.824. The molecule has 1 aromatic rings. The first-order chi connectivity index (χ1) is 7.66. The highest BCUT2D eigenvalue weighted by Crippen LogP contribution is 2.19. The van der Waals surface area contributed by atoms with Crippen molar-refractivity contribution in [3.8, 4) is 0 Å². The normalized spacial score (nSPS) is 23.8. The van der Waals surface area contributed by atoms with Crippen molar-refractivity contribution in [1.82, 2.24) is 14.5 Å². The Bertz CT molecular complexity index is 335. The largest absolute Gasteiger partial charge is 0.393 e. The van der Waals surface area contributed by atoms with Gasteiger partial charge in [0.25, 0.3) is 0 Å². The Balaban J connectivity index is 1.78. The van der Waals surface area contributed by atoms with Crippen molar-refractivity contribution in [2.24, 2.45) is 5.92 Å². The van der Waals surface area contributed by atoms with Gasteiger partial charge in [0.05, 0.1) is 6.10 Å². The van der Waals surface area contributed by atoms with E-state index in [0.29, 0.717) is 5.92 Å². The summed E-state index contributed by atoms with van der Waals surface area (Å²) < 4.78 is 2.18. The van der Waals surface area contributed by atoms with E-state index in [-0.39, 0.29) is 6.10 Å². The molecule has 0 aromatic carbocycles. The van der Waals surface area contributed by atoms with E-state index in [4.69, 9.17) is 0 Å². The van der Waals surface area contributed by atoms with E-state index in [1.807, 2.05) is 26.2 Å². The van der Waals surface area contributed by atoms with Gasteiger partial charge in [-0.25, -0.2) is 4.98 Å². The Hall–Kier alpha value is -0.870. The zero-order valence-corrected chi connectivity index (χ0v) is 10.1. The SMILES string of the molecule is Cc1nccn1CCN1CCC(C(C)O)C1. The first-order valence-electron chi connectivity index (χ1n) is 6.05. The third-order valence-corrected chi connectivity index (χ3v) is 3.57. The summed E-state index contributed by atoms with van der Waals surface area (Å²) in [6, 6.07) is 0. The van der Waals surface area contributed by atoms with Crippen molar-refractivity contribution in [1.29, 1.82) is 0 Å². The smallest absolute Gasteiger partial charge is 0.105 e. The van der Waals surface area contributed by atoms with Crippen LogP contribution in [0.25, 0.3) is 0 Å². The molecular formula is C12H21N3O. The molecule has 1 N–H and O–H groups in total. The molecule has 4 heteroatoms. The first-order valence-corrected chi connectivity index (χ1v) is 6.05. The van der Waals surface area contributed by atoms with Crippen molar-refractivity contribution in [3.05, 3.63) is 18.2 Å². The van der Waals surface area contributed by atoms with Crippen molar-refractivity contribution in [2.45, 2.75) is 32.9 Å². The second kappa shape index (κ2) is 4.97. The average Bonchev–Trinajstić information content (AvgIpc) is 2.83. The Morgan fingerprint density at radius 3 is 2.94 bits per heavy atom. The molecule has 2 heterocycles. The highest BCUT2D eigenvalue weighted by molar-refractivity contribution is 4.89. The molecule has 0 saturated carbocycles. The van der Waals surface area contributed by atoms with Gasteiger partial charge >= 0.3 is 0 Å². The van der Waals surface area contributed by atoms with Crippen LogP contribution in [0.4, 0.5) is 0 Å². The lowest BCUT2D eigenvalue weighted by Gasteiger charge is -2.17. The van der Waals surface area contributed by atoms with E-state index < -0.39 is 0 Å². The van der Waals surface area contributed by atoms with Gasteiger partial charge < -0.3 is 14.6 Å². The third kappa shape index (κ3) is 2.62. The number of nitrogens with zero attached hydrogens (tertiary/aromatic N) is 3. The molecule has 16 heavy (non-hydrogen) atoms. The maximum atomic E-state index is 9.52. The molecule has 0 radical (unpaired) electrons. The maximum Gasteiger partial charge on any atom is 0.105 e. The molecule has 1 fully saturated rings. The molecule has 0 aliphatic carbocycles.